The fourth-order valence-electron chi connectivity index (χ4n) is 2.91. The highest BCUT2D eigenvalue weighted by atomic mass is 16.5. The molecule has 2 rings (SSSR count). The zero-order chi connectivity index (χ0) is 8.77. The average Bonchev–Trinajstić information content (AvgIpc) is 2.58. The van der Waals surface area contributed by atoms with E-state index in [0.717, 1.165) is 6.42 Å². The number of ketones is 1. The minimum Gasteiger partial charge on any atom is -0.378 e. The van der Waals surface area contributed by atoms with Gasteiger partial charge in [-0.2, -0.15) is 0 Å². The zero-order valence-electron chi connectivity index (χ0n) is 7.80. The van der Waals surface area contributed by atoms with Crippen molar-refractivity contribution in [1.29, 1.82) is 0 Å². The van der Waals surface area contributed by atoms with E-state index in [1.807, 2.05) is 0 Å². The fraction of sp³-hybridized carbons (Fsp3) is 0.900. The van der Waals surface area contributed by atoms with Crippen LogP contribution < -0.4 is 0 Å². The van der Waals surface area contributed by atoms with Crippen LogP contribution in [0.1, 0.15) is 32.6 Å². The van der Waals surface area contributed by atoms with E-state index >= 15 is 0 Å². The smallest absolute Gasteiger partial charge is 0.139 e. The summed E-state index contributed by atoms with van der Waals surface area (Å²) >= 11 is 0. The Labute approximate surface area is 73.3 Å². The highest BCUT2D eigenvalue weighted by molar-refractivity contribution is 5.85. The Balaban J connectivity index is 2.25. The lowest BCUT2D eigenvalue weighted by Gasteiger charge is -2.28. The minimum absolute atomic E-state index is 0.141. The Hall–Kier alpha value is -0.370. The first-order chi connectivity index (χ1) is 5.67. The molecule has 2 heteroatoms. The van der Waals surface area contributed by atoms with Crippen molar-refractivity contribution < 1.29 is 9.53 Å². The maximum Gasteiger partial charge on any atom is 0.139 e. The second kappa shape index (κ2) is 2.56. The van der Waals surface area contributed by atoms with Crippen molar-refractivity contribution in [3.8, 4) is 0 Å². The molecule has 3 atom stereocenters. The van der Waals surface area contributed by atoms with Crippen LogP contribution in [0.25, 0.3) is 0 Å². The molecule has 0 radical (unpaired) electrons. The molecular formula is C10H16O2. The molecule has 0 amide bonds. The Bertz CT molecular complexity index is 212. The Kier molecular flexibility index (Phi) is 1.76. The lowest BCUT2D eigenvalue weighted by Crippen LogP contribution is -2.32. The normalized spacial score (nSPS) is 46.7. The number of methoxy groups -OCH3 is 1. The van der Waals surface area contributed by atoms with Crippen molar-refractivity contribution in [2.75, 3.05) is 7.11 Å². The highest BCUT2D eigenvalue weighted by Gasteiger charge is 2.52. The third-order valence-electron chi connectivity index (χ3n) is 3.71. The van der Waals surface area contributed by atoms with Crippen LogP contribution in [0, 0.1) is 11.8 Å². The van der Waals surface area contributed by atoms with E-state index in [9.17, 15) is 4.79 Å². The summed E-state index contributed by atoms with van der Waals surface area (Å²) in [5.41, 5.74) is -0.141. The first kappa shape index (κ1) is 8.24. The number of rotatable bonds is 1. The predicted molar refractivity (Wildman–Crippen MR) is 45.9 cm³/mol. The Morgan fingerprint density at radius 1 is 1.50 bits per heavy atom. The van der Waals surface area contributed by atoms with Gasteiger partial charge in [0.05, 0.1) is 5.60 Å². The third-order valence-corrected chi connectivity index (χ3v) is 3.71. The summed E-state index contributed by atoms with van der Waals surface area (Å²) in [7, 11) is 1.73. The van der Waals surface area contributed by atoms with Crippen molar-refractivity contribution in [3.63, 3.8) is 0 Å². The second-order valence-electron chi connectivity index (χ2n) is 4.30. The maximum absolute atomic E-state index is 11.6. The van der Waals surface area contributed by atoms with Gasteiger partial charge in [0, 0.05) is 19.4 Å². The molecular weight excluding hydrogens is 152 g/mol. The van der Waals surface area contributed by atoms with Gasteiger partial charge in [-0.25, -0.2) is 0 Å². The number of hydrogen-bond acceptors (Lipinski definition) is 2. The highest BCUT2D eigenvalue weighted by Crippen LogP contribution is 2.49. The van der Waals surface area contributed by atoms with Crippen LogP contribution in [-0.2, 0) is 9.53 Å². The molecule has 0 aromatic heterocycles. The van der Waals surface area contributed by atoms with E-state index in [-0.39, 0.29) is 5.60 Å². The van der Waals surface area contributed by atoms with Gasteiger partial charge in [-0.1, -0.05) is 6.42 Å². The lowest BCUT2D eigenvalue weighted by atomic mass is 9.89. The SMILES string of the molecule is COC1(C)CC(=O)C2CCCC21. The monoisotopic (exact) mass is 168 g/mol. The summed E-state index contributed by atoms with van der Waals surface area (Å²) in [6.07, 6.45) is 4.13. The van der Waals surface area contributed by atoms with Crippen molar-refractivity contribution >= 4 is 5.78 Å². The number of Topliss-reactive ketones (excluding diaryl/α,β-unsaturated/α-hetero) is 1. The van der Waals surface area contributed by atoms with E-state index in [0.29, 0.717) is 24.0 Å². The van der Waals surface area contributed by atoms with Gasteiger partial charge in [0.1, 0.15) is 5.78 Å². The molecule has 0 aliphatic heterocycles. The van der Waals surface area contributed by atoms with Gasteiger partial charge >= 0.3 is 0 Å². The van der Waals surface area contributed by atoms with Crippen LogP contribution >= 0.6 is 0 Å². The maximum atomic E-state index is 11.6. The molecule has 0 aromatic carbocycles. The minimum atomic E-state index is -0.141. The molecule has 0 saturated heterocycles. The predicted octanol–water partition coefficient (Wildman–Crippen LogP) is 1.78. The molecule has 12 heavy (non-hydrogen) atoms. The third kappa shape index (κ3) is 0.939. The summed E-state index contributed by atoms with van der Waals surface area (Å²) in [5, 5.41) is 0. The van der Waals surface area contributed by atoms with Crippen LogP contribution in [0.3, 0.4) is 0 Å². The summed E-state index contributed by atoms with van der Waals surface area (Å²) in [5.74, 6) is 1.27. The lowest BCUT2D eigenvalue weighted by molar-refractivity contribution is -0.121. The van der Waals surface area contributed by atoms with Gasteiger partial charge < -0.3 is 4.74 Å². The number of hydrogen-bond donors (Lipinski definition) is 0. The molecule has 2 aliphatic carbocycles. The van der Waals surface area contributed by atoms with Crippen LogP contribution in [0.15, 0.2) is 0 Å². The number of carbonyl (C=O) groups excluding carboxylic acids is 1. The van der Waals surface area contributed by atoms with Gasteiger partial charge in [-0.15, -0.1) is 0 Å². The summed E-state index contributed by atoms with van der Waals surface area (Å²) in [6, 6.07) is 0. The fourth-order valence-corrected chi connectivity index (χ4v) is 2.91. The molecule has 2 nitrogen and oxygen atoms in total. The van der Waals surface area contributed by atoms with Crippen molar-refractivity contribution in [2.24, 2.45) is 11.8 Å². The first-order valence-electron chi connectivity index (χ1n) is 4.75. The van der Waals surface area contributed by atoms with E-state index in [1.165, 1.54) is 12.8 Å². The van der Waals surface area contributed by atoms with Crippen LogP contribution in [-0.4, -0.2) is 18.5 Å². The number of ether oxygens (including phenoxy) is 1. The largest absolute Gasteiger partial charge is 0.378 e. The topological polar surface area (TPSA) is 26.3 Å². The van der Waals surface area contributed by atoms with Gasteiger partial charge in [-0.3, -0.25) is 4.79 Å². The molecule has 2 fully saturated rings. The van der Waals surface area contributed by atoms with Crippen molar-refractivity contribution in [1.82, 2.24) is 0 Å². The zero-order valence-corrected chi connectivity index (χ0v) is 7.80. The number of fused-ring (bicyclic) bond motifs is 1. The average molecular weight is 168 g/mol. The Morgan fingerprint density at radius 3 is 2.92 bits per heavy atom. The van der Waals surface area contributed by atoms with Gasteiger partial charge in [-0.05, 0) is 25.7 Å². The van der Waals surface area contributed by atoms with Crippen LogP contribution in [0.5, 0.6) is 0 Å². The Morgan fingerprint density at radius 2 is 2.25 bits per heavy atom. The molecule has 0 N–H and O–H groups in total. The van der Waals surface area contributed by atoms with Crippen molar-refractivity contribution in [2.45, 2.75) is 38.2 Å². The summed E-state index contributed by atoms with van der Waals surface area (Å²) < 4.78 is 5.46. The molecule has 3 unspecified atom stereocenters. The molecule has 68 valence electrons. The standard InChI is InChI=1S/C10H16O2/c1-10(12-2)6-9(11)7-4-3-5-8(7)10/h7-8H,3-6H2,1-2H3. The molecule has 0 heterocycles. The molecule has 0 aromatic rings. The molecule has 2 saturated carbocycles. The molecule has 0 spiro atoms. The summed E-state index contributed by atoms with van der Waals surface area (Å²) in [6.45, 7) is 2.08. The van der Waals surface area contributed by atoms with Crippen molar-refractivity contribution in [3.05, 3.63) is 0 Å². The van der Waals surface area contributed by atoms with E-state index in [2.05, 4.69) is 6.92 Å². The van der Waals surface area contributed by atoms with Crippen LogP contribution in [0.4, 0.5) is 0 Å². The molecule has 2 aliphatic rings. The van der Waals surface area contributed by atoms with E-state index in [4.69, 9.17) is 4.74 Å². The van der Waals surface area contributed by atoms with Gasteiger partial charge in [0.15, 0.2) is 0 Å². The van der Waals surface area contributed by atoms with Crippen LogP contribution in [0.2, 0.25) is 0 Å². The quantitative estimate of drug-likeness (QED) is 0.596. The van der Waals surface area contributed by atoms with E-state index < -0.39 is 0 Å². The summed E-state index contributed by atoms with van der Waals surface area (Å²) in [4.78, 5) is 11.6. The van der Waals surface area contributed by atoms with E-state index in [1.54, 1.807) is 7.11 Å². The van der Waals surface area contributed by atoms with Gasteiger partial charge in [0.25, 0.3) is 0 Å². The molecule has 0 bridgehead atoms. The number of carbonyl (C=O) groups is 1. The second-order valence-corrected chi connectivity index (χ2v) is 4.30. The van der Waals surface area contributed by atoms with Gasteiger partial charge in [0.2, 0.25) is 0 Å². The first-order valence-corrected chi connectivity index (χ1v) is 4.75.